The smallest absolute Gasteiger partial charge is 0.252 e. The van der Waals surface area contributed by atoms with Crippen molar-refractivity contribution in [2.75, 3.05) is 0 Å². The third-order valence-corrected chi connectivity index (χ3v) is 4.72. The van der Waals surface area contributed by atoms with Crippen molar-refractivity contribution in [3.63, 3.8) is 0 Å². The maximum Gasteiger partial charge on any atom is 0.252 e. The first kappa shape index (κ1) is 17.0. The number of rotatable bonds is 5. The standard InChI is InChI=1S/C23H21N3O/c1-16-9-5-6-12-18(16)23(27)26-21(15-17-10-3-2-4-11-17)22-24-19-13-7-8-14-20(19)25-22/h2-14,21H,15H2,1H3,(H,24,25)(H,26,27). The predicted octanol–water partition coefficient (Wildman–Crippen LogP) is 4.59. The number of benzene rings is 3. The molecule has 4 rings (SSSR count). The number of hydrogen-bond acceptors (Lipinski definition) is 2. The molecule has 0 saturated carbocycles. The molecule has 3 aromatic carbocycles. The number of hydrogen-bond donors (Lipinski definition) is 2. The van der Waals surface area contributed by atoms with E-state index in [2.05, 4.69) is 22.4 Å². The maximum absolute atomic E-state index is 12.9. The fraction of sp³-hybridized carbons (Fsp3) is 0.130. The van der Waals surface area contributed by atoms with Crippen LogP contribution in [-0.2, 0) is 6.42 Å². The van der Waals surface area contributed by atoms with E-state index in [0.29, 0.717) is 12.0 Å². The van der Waals surface area contributed by atoms with Crippen molar-refractivity contribution in [2.24, 2.45) is 0 Å². The van der Waals surface area contributed by atoms with Crippen LogP contribution in [0.3, 0.4) is 0 Å². The maximum atomic E-state index is 12.9. The van der Waals surface area contributed by atoms with Crippen LogP contribution >= 0.6 is 0 Å². The first-order chi connectivity index (χ1) is 13.2. The van der Waals surface area contributed by atoms with Crippen LogP contribution in [0.4, 0.5) is 0 Å². The summed E-state index contributed by atoms with van der Waals surface area (Å²) in [4.78, 5) is 21.0. The second-order valence-corrected chi connectivity index (χ2v) is 6.67. The summed E-state index contributed by atoms with van der Waals surface area (Å²) in [6, 6.07) is 25.4. The highest BCUT2D eigenvalue weighted by Crippen LogP contribution is 2.21. The molecule has 0 fully saturated rings. The van der Waals surface area contributed by atoms with Crippen molar-refractivity contribution < 1.29 is 4.79 Å². The Morgan fingerprint density at radius 3 is 2.44 bits per heavy atom. The number of H-pyrrole nitrogens is 1. The summed E-state index contributed by atoms with van der Waals surface area (Å²) in [5.74, 6) is 0.677. The molecule has 2 N–H and O–H groups in total. The predicted molar refractivity (Wildman–Crippen MR) is 108 cm³/mol. The van der Waals surface area contributed by atoms with E-state index in [1.807, 2.05) is 73.7 Å². The molecule has 1 heterocycles. The summed E-state index contributed by atoms with van der Waals surface area (Å²) in [5.41, 5.74) is 4.66. The van der Waals surface area contributed by atoms with Crippen LogP contribution < -0.4 is 5.32 Å². The van der Waals surface area contributed by atoms with Gasteiger partial charge in [-0.1, -0.05) is 60.7 Å². The van der Waals surface area contributed by atoms with Crippen molar-refractivity contribution in [3.05, 3.63) is 101 Å². The highest BCUT2D eigenvalue weighted by atomic mass is 16.1. The summed E-state index contributed by atoms with van der Waals surface area (Å²) in [6.07, 6.45) is 0.665. The lowest BCUT2D eigenvalue weighted by atomic mass is 10.0. The van der Waals surface area contributed by atoms with Crippen molar-refractivity contribution in [1.82, 2.24) is 15.3 Å². The Hall–Kier alpha value is -3.40. The van der Waals surface area contributed by atoms with Gasteiger partial charge in [0.05, 0.1) is 17.1 Å². The summed E-state index contributed by atoms with van der Waals surface area (Å²) in [5, 5.41) is 3.17. The molecule has 4 aromatic rings. The van der Waals surface area contributed by atoms with Crippen molar-refractivity contribution in [3.8, 4) is 0 Å². The lowest BCUT2D eigenvalue weighted by Gasteiger charge is -2.18. The van der Waals surface area contributed by atoms with Crippen molar-refractivity contribution >= 4 is 16.9 Å². The molecule has 0 spiro atoms. The van der Waals surface area contributed by atoms with Gasteiger partial charge in [0, 0.05) is 5.56 Å². The molecule has 0 saturated heterocycles. The van der Waals surface area contributed by atoms with Crippen LogP contribution in [0.1, 0.15) is 33.4 Å². The second-order valence-electron chi connectivity index (χ2n) is 6.67. The summed E-state index contributed by atoms with van der Waals surface area (Å²) in [7, 11) is 0. The van der Waals surface area contributed by atoms with E-state index in [4.69, 9.17) is 4.98 Å². The monoisotopic (exact) mass is 355 g/mol. The molecule has 4 nitrogen and oxygen atoms in total. The minimum Gasteiger partial charge on any atom is -0.342 e. The van der Waals surface area contributed by atoms with Gasteiger partial charge in [0.15, 0.2) is 0 Å². The van der Waals surface area contributed by atoms with Gasteiger partial charge in [-0.3, -0.25) is 4.79 Å². The molecular weight excluding hydrogens is 334 g/mol. The second kappa shape index (κ2) is 7.46. The molecule has 1 atom stereocenters. The summed E-state index contributed by atoms with van der Waals surface area (Å²) >= 11 is 0. The SMILES string of the molecule is Cc1ccccc1C(=O)NC(Cc1ccccc1)c1nc2ccccc2[nH]1. The highest BCUT2D eigenvalue weighted by molar-refractivity contribution is 5.95. The lowest BCUT2D eigenvalue weighted by Crippen LogP contribution is -2.31. The third kappa shape index (κ3) is 3.75. The summed E-state index contributed by atoms with van der Waals surface area (Å²) < 4.78 is 0. The number of aromatic nitrogens is 2. The fourth-order valence-corrected chi connectivity index (χ4v) is 3.27. The minimum atomic E-state index is -0.244. The Kier molecular flexibility index (Phi) is 4.71. The first-order valence-corrected chi connectivity index (χ1v) is 9.06. The molecule has 134 valence electrons. The van der Waals surface area contributed by atoms with Crippen LogP contribution in [0, 0.1) is 6.92 Å². The van der Waals surface area contributed by atoms with Gasteiger partial charge >= 0.3 is 0 Å². The molecule has 0 aliphatic heterocycles. The van der Waals surface area contributed by atoms with E-state index in [9.17, 15) is 4.79 Å². The normalized spacial score (nSPS) is 12.0. The average molecular weight is 355 g/mol. The molecule has 0 bridgehead atoms. The quantitative estimate of drug-likeness (QED) is 0.550. The van der Waals surface area contributed by atoms with Gasteiger partial charge in [-0.25, -0.2) is 4.98 Å². The van der Waals surface area contributed by atoms with Gasteiger partial charge < -0.3 is 10.3 Å². The zero-order chi connectivity index (χ0) is 18.6. The van der Waals surface area contributed by atoms with E-state index in [1.165, 1.54) is 0 Å². The topological polar surface area (TPSA) is 57.8 Å². The van der Waals surface area contributed by atoms with Gasteiger partial charge in [0.2, 0.25) is 0 Å². The van der Waals surface area contributed by atoms with Crippen LogP contribution in [0.25, 0.3) is 11.0 Å². The van der Waals surface area contributed by atoms with Crippen LogP contribution in [-0.4, -0.2) is 15.9 Å². The molecule has 0 radical (unpaired) electrons. The molecule has 27 heavy (non-hydrogen) atoms. The number of carbonyl (C=O) groups is 1. The Balaban J connectivity index is 1.67. The van der Waals surface area contributed by atoms with E-state index in [0.717, 1.165) is 28.0 Å². The average Bonchev–Trinajstić information content (AvgIpc) is 3.13. The van der Waals surface area contributed by atoms with E-state index in [-0.39, 0.29) is 11.9 Å². The number of amides is 1. The number of carbonyl (C=O) groups excluding carboxylic acids is 1. The molecular formula is C23H21N3O. The highest BCUT2D eigenvalue weighted by Gasteiger charge is 2.20. The van der Waals surface area contributed by atoms with Crippen molar-refractivity contribution in [2.45, 2.75) is 19.4 Å². The number of para-hydroxylation sites is 2. The number of nitrogens with one attached hydrogen (secondary N) is 2. The van der Waals surface area contributed by atoms with Gasteiger partial charge in [-0.05, 0) is 42.7 Å². The van der Waals surface area contributed by atoms with E-state index in [1.54, 1.807) is 0 Å². The Labute approximate surface area is 158 Å². The molecule has 1 amide bonds. The Morgan fingerprint density at radius 1 is 0.963 bits per heavy atom. The Morgan fingerprint density at radius 2 is 1.67 bits per heavy atom. The van der Waals surface area contributed by atoms with E-state index < -0.39 is 0 Å². The molecule has 0 aliphatic carbocycles. The van der Waals surface area contributed by atoms with Crippen LogP contribution in [0.15, 0.2) is 78.9 Å². The van der Waals surface area contributed by atoms with Crippen LogP contribution in [0.2, 0.25) is 0 Å². The van der Waals surface area contributed by atoms with E-state index >= 15 is 0 Å². The number of imidazole rings is 1. The summed E-state index contributed by atoms with van der Waals surface area (Å²) in [6.45, 7) is 1.95. The van der Waals surface area contributed by atoms with Gasteiger partial charge in [0.25, 0.3) is 5.91 Å². The third-order valence-electron chi connectivity index (χ3n) is 4.72. The van der Waals surface area contributed by atoms with Gasteiger partial charge in [-0.15, -0.1) is 0 Å². The van der Waals surface area contributed by atoms with Crippen molar-refractivity contribution in [1.29, 1.82) is 0 Å². The number of aromatic amines is 1. The number of fused-ring (bicyclic) bond motifs is 1. The lowest BCUT2D eigenvalue weighted by molar-refractivity contribution is 0.0934. The molecule has 1 aromatic heterocycles. The first-order valence-electron chi connectivity index (χ1n) is 9.06. The zero-order valence-corrected chi connectivity index (χ0v) is 15.1. The molecule has 4 heteroatoms. The number of nitrogens with zero attached hydrogens (tertiary/aromatic N) is 1. The van der Waals surface area contributed by atoms with Crippen LogP contribution in [0.5, 0.6) is 0 Å². The van der Waals surface area contributed by atoms with Gasteiger partial charge in [0.1, 0.15) is 5.82 Å². The number of aryl methyl sites for hydroxylation is 1. The fourth-order valence-electron chi connectivity index (χ4n) is 3.27. The molecule has 1 unspecified atom stereocenters. The van der Waals surface area contributed by atoms with Gasteiger partial charge in [-0.2, -0.15) is 0 Å². The Bertz CT molecular complexity index is 1040. The largest absolute Gasteiger partial charge is 0.342 e. The molecule has 0 aliphatic rings. The minimum absolute atomic E-state index is 0.0884. The zero-order valence-electron chi connectivity index (χ0n) is 15.1.